The van der Waals surface area contributed by atoms with E-state index in [2.05, 4.69) is 36.5 Å². The van der Waals surface area contributed by atoms with Gasteiger partial charge in [0.25, 0.3) is 0 Å². The van der Waals surface area contributed by atoms with Crippen LogP contribution in [0.3, 0.4) is 0 Å². The van der Waals surface area contributed by atoms with Crippen LogP contribution < -0.4 is 10.6 Å². The van der Waals surface area contributed by atoms with E-state index in [0.29, 0.717) is 0 Å². The van der Waals surface area contributed by atoms with Gasteiger partial charge in [0.2, 0.25) is 0 Å². The first kappa shape index (κ1) is 17.8. The number of aryl methyl sites for hydroxylation is 1. The molecular formula is C17H30N4O2. The highest BCUT2D eigenvalue weighted by Gasteiger charge is 2.25. The fourth-order valence-corrected chi connectivity index (χ4v) is 3.01. The van der Waals surface area contributed by atoms with Crippen LogP contribution >= 0.6 is 0 Å². The quantitative estimate of drug-likeness (QED) is 0.800. The van der Waals surface area contributed by atoms with Crippen molar-refractivity contribution in [3.63, 3.8) is 0 Å². The summed E-state index contributed by atoms with van der Waals surface area (Å²) in [5.74, 6) is 0. The molecule has 6 nitrogen and oxygen atoms in total. The van der Waals surface area contributed by atoms with Gasteiger partial charge in [0.15, 0.2) is 0 Å². The van der Waals surface area contributed by atoms with Crippen molar-refractivity contribution in [1.82, 2.24) is 20.4 Å². The predicted octanol–water partition coefficient (Wildman–Crippen LogP) is 2.61. The van der Waals surface area contributed by atoms with Crippen LogP contribution in [0.1, 0.15) is 70.7 Å². The molecule has 1 aliphatic rings. The van der Waals surface area contributed by atoms with Gasteiger partial charge in [-0.25, -0.2) is 4.79 Å². The summed E-state index contributed by atoms with van der Waals surface area (Å²) in [6.45, 7) is 10.2. The highest BCUT2D eigenvalue weighted by molar-refractivity contribution is 5.74. The smallest absolute Gasteiger partial charge is 0.315 e. The number of hydrogen-bond donors (Lipinski definition) is 3. The summed E-state index contributed by atoms with van der Waals surface area (Å²) in [7, 11) is 0. The number of nitrogens with zero attached hydrogens (tertiary/aromatic N) is 2. The molecule has 2 amide bonds. The number of rotatable bonds is 3. The minimum atomic E-state index is -0.435. The SMILES string of the molecule is Cc1nn(C(C)(C)C)cc1[C@H](C)NC(=O)N[C@H]1CCCC[C@H]1O. The highest BCUT2D eigenvalue weighted by Crippen LogP contribution is 2.21. The normalized spacial score (nSPS) is 23.4. The second-order valence-corrected chi connectivity index (χ2v) is 7.58. The first-order valence-electron chi connectivity index (χ1n) is 8.50. The lowest BCUT2D eigenvalue weighted by atomic mass is 9.93. The van der Waals surface area contributed by atoms with E-state index in [0.717, 1.165) is 36.9 Å². The highest BCUT2D eigenvalue weighted by atomic mass is 16.3. The van der Waals surface area contributed by atoms with Crippen molar-refractivity contribution in [1.29, 1.82) is 0 Å². The lowest BCUT2D eigenvalue weighted by Crippen LogP contribution is -2.49. The van der Waals surface area contributed by atoms with Crippen LogP contribution in [0.25, 0.3) is 0 Å². The zero-order chi connectivity index (χ0) is 17.2. The second kappa shape index (κ2) is 6.91. The molecule has 3 N–H and O–H groups in total. The molecule has 1 aromatic heterocycles. The Hall–Kier alpha value is -1.56. The van der Waals surface area contributed by atoms with E-state index >= 15 is 0 Å². The third kappa shape index (κ3) is 4.47. The summed E-state index contributed by atoms with van der Waals surface area (Å²) in [5, 5.41) is 20.3. The van der Waals surface area contributed by atoms with Crippen molar-refractivity contribution in [2.24, 2.45) is 0 Å². The van der Waals surface area contributed by atoms with Gasteiger partial charge in [-0.1, -0.05) is 12.8 Å². The Labute approximate surface area is 138 Å². The number of urea groups is 1. The molecule has 1 heterocycles. The van der Waals surface area contributed by atoms with Crippen molar-refractivity contribution in [2.45, 2.75) is 84.0 Å². The maximum Gasteiger partial charge on any atom is 0.315 e. The third-order valence-corrected chi connectivity index (χ3v) is 4.48. The van der Waals surface area contributed by atoms with Gasteiger partial charge in [-0.15, -0.1) is 0 Å². The van der Waals surface area contributed by atoms with Gasteiger partial charge in [-0.05, 0) is 47.5 Å². The number of carbonyl (C=O) groups excluding carboxylic acids is 1. The maximum atomic E-state index is 12.2. The second-order valence-electron chi connectivity index (χ2n) is 7.58. The van der Waals surface area contributed by atoms with Crippen LogP contribution in [-0.4, -0.2) is 33.1 Å². The summed E-state index contributed by atoms with van der Waals surface area (Å²) in [4.78, 5) is 12.2. The Bertz CT molecular complexity index is 547. The van der Waals surface area contributed by atoms with Crippen molar-refractivity contribution < 1.29 is 9.90 Å². The van der Waals surface area contributed by atoms with Crippen molar-refractivity contribution in [3.8, 4) is 0 Å². The first-order chi connectivity index (χ1) is 10.7. The molecule has 23 heavy (non-hydrogen) atoms. The fourth-order valence-electron chi connectivity index (χ4n) is 3.01. The molecule has 0 radical (unpaired) electrons. The molecule has 1 saturated carbocycles. The average Bonchev–Trinajstić information content (AvgIpc) is 2.83. The van der Waals surface area contributed by atoms with Crippen molar-refractivity contribution in [3.05, 3.63) is 17.5 Å². The summed E-state index contributed by atoms with van der Waals surface area (Å²) in [6, 6.07) is -0.507. The first-order valence-corrected chi connectivity index (χ1v) is 8.50. The third-order valence-electron chi connectivity index (χ3n) is 4.48. The number of aromatic nitrogens is 2. The molecule has 3 atom stereocenters. The Morgan fingerprint density at radius 2 is 2.04 bits per heavy atom. The van der Waals surface area contributed by atoms with Gasteiger partial charge in [0.05, 0.1) is 29.4 Å². The van der Waals surface area contributed by atoms with E-state index in [1.54, 1.807) is 0 Å². The molecule has 0 saturated heterocycles. The maximum absolute atomic E-state index is 12.2. The summed E-state index contributed by atoms with van der Waals surface area (Å²) in [6.07, 6.45) is 5.24. The Morgan fingerprint density at radius 3 is 2.61 bits per heavy atom. The van der Waals surface area contributed by atoms with E-state index in [-0.39, 0.29) is 23.7 Å². The van der Waals surface area contributed by atoms with Crippen LogP contribution in [0.4, 0.5) is 4.79 Å². The summed E-state index contributed by atoms with van der Waals surface area (Å²) in [5.41, 5.74) is 1.85. The number of aliphatic hydroxyl groups is 1. The van der Waals surface area contributed by atoms with Crippen LogP contribution in [0, 0.1) is 6.92 Å². The van der Waals surface area contributed by atoms with Crippen LogP contribution in [0.2, 0.25) is 0 Å². The van der Waals surface area contributed by atoms with Crippen LogP contribution in [0.5, 0.6) is 0 Å². The zero-order valence-corrected chi connectivity index (χ0v) is 14.9. The molecule has 1 aromatic rings. The molecule has 0 unspecified atom stereocenters. The summed E-state index contributed by atoms with van der Waals surface area (Å²) >= 11 is 0. The number of aliphatic hydroxyl groups excluding tert-OH is 1. The van der Waals surface area contributed by atoms with Crippen LogP contribution in [0.15, 0.2) is 6.20 Å². The number of nitrogens with one attached hydrogen (secondary N) is 2. The number of hydrogen-bond acceptors (Lipinski definition) is 3. The summed E-state index contributed by atoms with van der Waals surface area (Å²) < 4.78 is 1.93. The molecule has 2 rings (SSSR count). The average molecular weight is 322 g/mol. The Balaban J connectivity index is 1.97. The van der Waals surface area contributed by atoms with E-state index in [1.807, 2.05) is 24.7 Å². The van der Waals surface area contributed by atoms with E-state index in [1.165, 1.54) is 0 Å². The van der Waals surface area contributed by atoms with Gasteiger partial charge >= 0.3 is 6.03 Å². The standard InChI is InChI=1S/C17H30N4O2/c1-11(13-10-21(17(3,4)5)20-12(13)2)18-16(23)19-14-8-6-7-9-15(14)22/h10-11,14-15,22H,6-9H2,1-5H3,(H2,18,19,23)/t11-,14-,15+/m0/s1. The lowest BCUT2D eigenvalue weighted by Gasteiger charge is -2.29. The minimum Gasteiger partial charge on any atom is -0.391 e. The topological polar surface area (TPSA) is 79.2 Å². The lowest BCUT2D eigenvalue weighted by molar-refractivity contribution is 0.0941. The number of carbonyl (C=O) groups is 1. The van der Waals surface area contributed by atoms with E-state index in [4.69, 9.17) is 0 Å². The number of amides is 2. The monoisotopic (exact) mass is 322 g/mol. The van der Waals surface area contributed by atoms with Gasteiger partial charge in [0, 0.05) is 11.8 Å². The van der Waals surface area contributed by atoms with Crippen molar-refractivity contribution in [2.75, 3.05) is 0 Å². The van der Waals surface area contributed by atoms with Gasteiger partial charge < -0.3 is 15.7 Å². The van der Waals surface area contributed by atoms with Gasteiger partial charge in [0.1, 0.15) is 0 Å². The van der Waals surface area contributed by atoms with Gasteiger partial charge in [-0.3, -0.25) is 4.68 Å². The molecule has 0 bridgehead atoms. The predicted molar refractivity (Wildman–Crippen MR) is 90.3 cm³/mol. The Morgan fingerprint density at radius 1 is 1.39 bits per heavy atom. The minimum absolute atomic E-state index is 0.0861. The molecule has 0 spiro atoms. The molecule has 130 valence electrons. The molecule has 0 aliphatic heterocycles. The Kier molecular flexibility index (Phi) is 5.34. The van der Waals surface area contributed by atoms with Crippen LogP contribution in [-0.2, 0) is 5.54 Å². The molecule has 1 fully saturated rings. The fraction of sp³-hybridized carbons (Fsp3) is 0.765. The van der Waals surface area contributed by atoms with E-state index < -0.39 is 6.10 Å². The molecule has 6 heteroatoms. The zero-order valence-electron chi connectivity index (χ0n) is 14.9. The van der Waals surface area contributed by atoms with E-state index in [9.17, 15) is 9.90 Å². The molecular weight excluding hydrogens is 292 g/mol. The molecule has 1 aliphatic carbocycles. The largest absolute Gasteiger partial charge is 0.391 e. The molecule has 0 aromatic carbocycles. The van der Waals surface area contributed by atoms with Gasteiger partial charge in [-0.2, -0.15) is 5.10 Å². The van der Waals surface area contributed by atoms with Crippen molar-refractivity contribution >= 4 is 6.03 Å².